The minimum Gasteiger partial charge on any atom is -0.233 e. The first kappa shape index (κ1) is 19.8. The number of hydrogen-bond acceptors (Lipinski definition) is 4. The molecule has 20 heavy (non-hydrogen) atoms. The Morgan fingerprint density at radius 3 is 1.70 bits per heavy atom. The molecular formula is C16H34O4. The van der Waals surface area contributed by atoms with Crippen molar-refractivity contribution in [3.8, 4) is 0 Å². The van der Waals surface area contributed by atoms with E-state index in [4.69, 9.17) is 19.6 Å². The Morgan fingerprint density at radius 1 is 0.750 bits per heavy atom. The van der Waals surface area contributed by atoms with Crippen molar-refractivity contribution in [2.75, 3.05) is 0 Å². The molecule has 4 nitrogen and oxygen atoms in total. The average molecular weight is 290 g/mol. The van der Waals surface area contributed by atoms with Crippen LogP contribution >= 0.6 is 0 Å². The molecule has 0 saturated carbocycles. The van der Waals surface area contributed by atoms with Crippen LogP contribution in [0.5, 0.6) is 0 Å². The molecule has 0 heterocycles. The van der Waals surface area contributed by atoms with E-state index < -0.39 is 0 Å². The Morgan fingerprint density at radius 2 is 1.25 bits per heavy atom. The van der Waals surface area contributed by atoms with Crippen LogP contribution in [0.1, 0.15) is 81.6 Å². The SMILES string of the molecule is CC(CCCC(C)(C)OOC(C)(C)C)OOC(C)(C)C. The van der Waals surface area contributed by atoms with Gasteiger partial charge in [-0.25, -0.2) is 19.6 Å². The summed E-state index contributed by atoms with van der Waals surface area (Å²) in [5.74, 6) is 0. The third-order valence-corrected chi connectivity index (χ3v) is 2.37. The third kappa shape index (κ3) is 12.9. The fourth-order valence-corrected chi connectivity index (χ4v) is 1.37. The molecule has 0 fully saturated rings. The van der Waals surface area contributed by atoms with E-state index >= 15 is 0 Å². The van der Waals surface area contributed by atoms with Crippen LogP contribution in [-0.4, -0.2) is 22.9 Å². The average Bonchev–Trinajstić information content (AvgIpc) is 2.22. The molecule has 0 aromatic heterocycles. The molecule has 0 radical (unpaired) electrons. The second kappa shape index (κ2) is 7.74. The Kier molecular flexibility index (Phi) is 7.67. The van der Waals surface area contributed by atoms with Gasteiger partial charge >= 0.3 is 0 Å². The van der Waals surface area contributed by atoms with Crippen LogP contribution in [0.3, 0.4) is 0 Å². The summed E-state index contributed by atoms with van der Waals surface area (Å²) in [5, 5.41) is 0. The van der Waals surface area contributed by atoms with Crippen molar-refractivity contribution in [3.05, 3.63) is 0 Å². The van der Waals surface area contributed by atoms with E-state index in [9.17, 15) is 0 Å². The van der Waals surface area contributed by atoms with E-state index in [0.29, 0.717) is 0 Å². The monoisotopic (exact) mass is 290 g/mol. The first-order valence-electron chi connectivity index (χ1n) is 7.52. The van der Waals surface area contributed by atoms with E-state index in [0.717, 1.165) is 19.3 Å². The van der Waals surface area contributed by atoms with Crippen LogP contribution in [0.25, 0.3) is 0 Å². The predicted molar refractivity (Wildman–Crippen MR) is 81.2 cm³/mol. The van der Waals surface area contributed by atoms with Gasteiger partial charge in [0.05, 0.1) is 22.9 Å². The fourth-order valence-electron chi connectivity index (χ4n) is 1.37. The van der Waals surface area contributed by atoms with Crippen LogP contribution in [-0.2, 0) is 19.6 Å². The summed E-state index contributed by atoms with van der Waals surface area (Å²) in [5.41, 5.74) is -0.844. The summed E-state index contributed by atoms with van der Waals surface area (Å²) in [6.45, 7) is 17.9. The molecule has 0 saturated heterocycles. The molecule has 4 heteroatoms. The van der Waals surface area contributed by atoms with Gasteiger partial charge in [0, 0.05) is 0 Å². The largest absolute Gasteiger partial charge is 0.233 e. The summed E-state index contributed by atoms with van der Waals surface area (Å²) in [4.78, 5) is 21.6. The van der Waals surface area contributed by atoms with E-state index in [1.165, 1.54) is 0 Å². The highest BCUT2D eigenvalue weighted by molar-refractivity contribution is 4.68. The van der Waals surface area contributed by atoms with Crippen molar-refractivity contribution in [2.24, 2.45) is 0 Å². The van der Waals surface area contributed by atoms with Gasteiger partial charge in [-0.15, -0.1) is 0 Å². The second-order valence-electron chi connectivity index (χ2n) is 8.03. The van der Waals surface area contributed by atoms with Crippen LogP contribution in [0, 0.1) is 0 Å². The summed E-state index contributed by atoms with van der Waals surface area (Å²) in [6, 6.07) is 0. The van der Waals surface area contributed by atoms with Crippen LogP contribution in [0.15, 0.2) is 0 Å². The quantitative estimate of drug-likeness (QED) is 0.474. The van der Waals surface area contributed by atoms with Crippen molar-refractivity contribution in [2.45, 2.75) is 104 Å². The highest BCUT2D eigenvalue weighted by Gasteiger charge is 2.24. The highest BCUT2D eigenvalue weighted by Crippen LogP contribution is 2.22. The van der Waals surface area contributed by atoms with Gasteiger partial charge < -0.3 is 0 Å². The molecular weight excluding hydrogens is 256 g/mol. The lowest BCUT2D eigenvalue weighted by Crippen LogP contribution is -2.31. The molecule has 0 bridgehead atoms. The second-order valence-corrected chi connectivity index (χ2v) is 8.03. The zero-order valence-electron chi connectivity index (χ0n) is 14.8. The molecule has 0 aliphatic carbocycles. The van der Waals surface area contributed by atoms with E-state index in [1.807, 2.05) is 62.3 Å². The standard InChI is InChI=1S/C16H34O4/c1-13(17-18-14(2,3)4)11-10-12-16(8,9)20-19-15(5,6)7/h13H,10-12H2,1-9H3. The van der Waals surface area contributed by atoms with Crippen molar-refractivity contribution < 1.29 is 19.6 Å². The lowest BCUT2D eigenvalue weighted by molar-refractivity contribution is -0.398. The van der Waals surface area contributed by atoms with Crippen LogP contribution in [0.2, 0.25) is 0 Å². The highest BCUT2D eigenvalue weighted by atomic mass is 17.2. The molecule has 0 aliphatic heterocycles. The lowest BCUT2D eigenvalue weighted by Gasteiger charge is -2.29. The first-order valence-corrected chi connectivity index (χ1v) is 7.52. The number of hydrogen-bond donors (Lipinski definition) is 0. The van der Waals surface area contributed by atoms with Crippen LogP contribution in [0.4, 0.5) is 0 Å². The molecule has 0 aliphatic rings. The van der Waals surface area contributed by atoms with Gasteiger partial charge in [0.15, 0.2) is 0 Å². The Hall–Kier alpha value is -0.160. The van der Waals surface area contributed by atoms with Gasteiger partial charge in [0.2, 0.25) is 0 Å². The minimum atomic E-state index is -0.294. The molecule has 0 rings (SSSR count). The maximum absolute atomic E-state index is 5.52. The molecule has 1 unspecified atom stereocenters. The van der Waals surface area contributed by atoms with E-state index in [1.54, 1.807) is 0 Å². The normalized spacial score (nSPS) is 15.4. The van der Waals surface area contributed by atoms with Gasteiger partial charge in [-0.05, 0) is 81.6 Å². The molecule has 0 N–H and O–H groups in total. The fraction of sp³-hybridized carbons (Fsp3) is 1.00. The third-order valence-electron chi connectivity index (χ3n) is 2.37. The zero-order chi connectivity index (χ0) is 16.0. The maximum atomic E-state index is 5.52. The molecule has 1 atom stereocenters. The molecule has 0 aromatic rings. The topological polar surface area (TPSA) is 36.9 Å². The minimum absolute atomic E-state index is 0.0774. The van der Waals surface area contributed by atoms with Crippen molar-refractivity contribution >= 4 is 0 Å². The Balaban J connectivity index is 3.86. The van der Waals surface area contributed by atoms with Crippen LogP contribution < -0.4 is 0 Å². The molecule has 122 valence electrons. The van der Waals surface area contributed by atoms with Crippen molar-refractivity contribution in [1.82, 2.24) is 0 Å². The van der Waals surface area contributed by atoms with Gasteiger partial charge in [-0.1, -0.05) is 0 Å². The Labute approximate surface area is 125 Å². The lowest BCUT2D eigenvalue weighted by atomic mass is 10.0. The van der Waals surface area contributed by atoms with E-state index in [2.05, 4.69) is 0 Å². The molecule has 0 spiro atoms. The maximum Gasteiger partial charge on any atom is 0.0980 e. The predicted octanol–water partition coefficient (Wildman–Crippen LogP) is 4.82. The van der Waals surface area contributed by atoms with Gasteiger partial charge in [0.1, 0.15) is 0 Å². The summed E-state index contributed by atoms with van der Waals surface area (Å²) in [7, 11) is 0. The summed E-state index contributed by atoms with van der Waals surface area (Å²) < 4.78 is 0. The summed E-state index contributed by atoms with van der Waals surface area (Å²) >= 11 is 0. The van der Waals surface area contributed by atoms with Gasteiger partial charge in [0.25, 0.3) is 0 Å². The molecule has 0 amide bonds. The van der Waals surface area contributed by atoms with Crippen molar-refractivity contribution in [1.29, 1.82) is 0 Å². The smallest absolute Gasteiger partial charge is 0.0980 e. The first-order chi connectivity index (χ1) is 8.81. The molecule has 0 aromatic carbocycles. The number of rotatable bonds is 8. The summed E-state index contributed by atoms with van der Waals surface area (Å²) in [6.07, 6.45) is 2.91. The van der Waals surface area contributed by atoms with Crippen molar-refractivity contribution in [3.63, 3.8) is 0 Å². The van der Waals surface area contributed by atoms with Gasteiger partial charge in [-0.3, -0.25) is 0 Å². The zero-order valence-corrected chi connectivity index (χ0v) is 14.8. The Bertz CT molecular complexity index is 261. The van der Waals surface area contributed by atoms with Gasteiger partial charge in [-0.2, -0.15) is 0 Å². The van der Waals surface area contributed by atoms with E-state index in [-0.39, 0.29) is 22.9 Å².